The maximum atomic E-state index is 13.9. The summed E-state index contributed by atoms with van der Waals surface area (Å²) in [6.45, 7) is 9.16. The van der Waals surface area contributed by atoms with E-state index >= 15 is 0 Å². The average Bonchev–Trinajstić information content (AvgIpc) is 2.36. The minimum absolute atomic E-state index is 0.222. The molecule has 0 fully saturated rings. The Morgan fingerprint density at radius 3 is 2.57 bits per heavy atom. The average molecular weight is 371 g/mol. The molecule has 21 heavy (non-hydrogen) atoms. The van der Waals surface area contributed by atoms with Gasteiger partial charge in [-0.1, -0.05) is 31.8 Å². The van der Waals surface area contributed by atoms with E-state index in [1.807, 2.05) is 19.1 Å². The van der Waals surface area contributed by atoms with Crippen molar-refractivity contribution in [1.82, 2.24) is 0 Å². The quantitative estimate of drug-likeness (QED) is 0.520. The summed E-state index contributed by atoms with van der Waals surface area (Å²) in [6, 6.07) is 8.69. The predicted octanol–water partition coefficient (Wildman–Crippen LogP) is 5.36. The number of ether oxygens (including phenoxy) is 2. The van der Waals surface area contributed by atoms with Crippen LogP contribution in [0.4, 0.5) is 4.39 Å². The van der Waals surface area contributed by atoms with Crippen LogP contribution in [0.2, 0.25) is 19.6 Å². The molecule has 2 aromatic rings. The fourth-order valence-electron chi connectivity index (χ4n) is 2.11. The van der Waals surface area contributed by atoms with Crippen LogP contribution < -0.4 is 4.74 Å². The maximum Gasteiger partial charge on any atom is 0.179 e. The van der Waals surface area contributed by atoms with Crippen LogP contribution >= 0.6 is 15.9 Å². The van der Waals surface area contributed by atoms with Gasteiger partial charge in [-0.3, -0.25) is 0 Å². The number of benzene rings is 2. The van der Waals surface area contributed by atoms with Crippen molar-refractivity contribution >= 4 is 34.8 Å². The van der Waals surface area contributed by atoms with E-state index in [-0.39, 0.29) is 11.7 Å². The predicted molar refractivity (Wildman–Crippen MR) is 91.0 cm³/mol. The lowest BCUT2D eigenvalue weighted by Gasteiger charge is -2.29. The maximum absolute atomic E-state index is 13.9. The molecule has 2 rings (SSSR count). The third kappa shape index (κ3) is 3.84. The summed E-state index contributed by atoms with van der Waals surface area (Å²) >= 11 is 3.43. The Kier molecular flexibility index (Phi) is 5.06. The molecule has 0 saturated heterocycles. The zero-order chi connectivity index (χ0) is 15.6. The zero-order valence-corrected chi connectivity index (χ0v) is 15.3. The largest absolute Gasteiger partial charge is 0.469 e. The van der Waals surface area contributed by atoms with Crippen molar-refractivity contribution < 1.29 is 13.9 Å². The molecule has 0 amide bonds. The molecular formula is C16H20BrFO2Si. The van der Waals surface area contributed by atoms with E-state index in [9.17, 15) is 4.39 Å². The number of hydrogen-bond acceptors (Lipinski definition) is 2. The molecule has 0 bridgehead atoms. The molecule has 0 N–H and O–H groups in total. The Bertz CT molecular complexity index is 640. The monoisotopic (exact) mass is 370 g/mol. The van der Waals surface area contributed by atoms with Crippen molar-refractivity contribution in [1.29, 1.82) is 0 Å². The lowest BCUT2D eigenvalue weighted by atomic mass is 10.1. The van der Waals surface area contributed by atoms with Crippen LogP contribution in [0.3, 0.4) is 0 Å². The fourth-order valence-corrected chi connectivity index (χ4v) is 3.91. The number of rotatable bonds is 5. The fraction of sp³-hybridized carbons (Fsp3) is 0.375. The smallest absolute Gasteiger partial charge is 0.179 e. The molecule has 5 heteroatoms. The SMILES string of the molecule is CCOC(Oc1cc(Br)c2c(F)cccc2c1)[Si](C)(C)C. The zero-order valence-electron chi connectivity index (χ0n) is 12.7. The van der Waals surface area contributed by atoms with Crippen LogP contribution in [-0.4, -0.2) is 20.6 Å². The second-order valence-corrected chi connectivity index (χ2v) is 12.1. The van der Waals surface area contributed by atoms with Gasteiger partial charge in [-0.25, -0.2) is 4.39 Å². The van der Waals surface area contributed by atoms with Gasteiger partial charge < -0.3 is 9.47 Å². The van der Waals surface area contributed by atoms with Crippen LogP contribution in [0.5, 0.6) is 5.75 Å². The van der Waals surface area contributed by atoms with Crippen molar-refractivity contribution in [2.24, 2.45) is 0 Å². The van der Waals surface area contributed by atoms with Gasteiger partial charge in [-0.15, -0.1) is 0 Å². The van der Waals surface area contributed by atoms with Gasteiger partial charge in [0.2, 0.25) is 0 Å². The Hall–Kier alpha value is -0.913. The second kappa shape index (κ2) is 6.46. The lowest BCUT2D eigenvalue weighted by Crippen LogP contribution is -2.44. The standard InChI is InChI=1S/C16H20BrFO2Si/c1-5-19-16(21(2,3)4)20-12-9-11-7-6-8-14(18)15(11)13(17)10-12/h6-10,16H,5H2,1-4H3. The van der Waals surface area contributed by atoms with Crippen LogP contribution in [-0.2, 0) is 4.74 Å². The van der Waals surface area contributed by atoms with Gasteiger partial charge in [0, 0.05) is 16.5 Å². The minimum Gasteiger partial charge on any atom is -0.469 e. The van der Waals surface area contributed by atoms with Gasteiger partial charge in [-0.2, -0.15) is 0 Å². The van der Waals surface area contributed by atoms with Gasteiger partial charge >= 0.3 is 0 Å². The van der Waals surface area contributed by atoms with Crippen LogP contribution in [0.15, 0.2) is 34.8 Å². The summed E-state index contributed by atoms with van der Waals surface area (Å²) in [5.74, 6) is 0.235. The highest BCUT2D eigenvalue weighted by atomic mass is 79.9. The molecule has 0 aliphatic carbocycles. The number of halogens is 2. The normalized spacial score (nSPS) is 13.4. The summed E-state index contributed by atoms with van der Waals surface area (Å²) in [5, 5.41) is 1.39. The van der Waals surface area contributed by atoms with Crippen molar-refractivity contribution in [3.05, 3.63) is 40.6 Å². The molecule has 1 atom stereocenters. The highest BCUT2D eigenvalue weighted by Gasteiger charge is 2.29. The first kappa shape index (κ1) is 16.5. The van der Waals surface area contributed by atoms with E-state index in [2.05, 4.69) is 35.6 Å². The highest BCUT2D eigenvalue weighted by Crippen LogP contribution is 2.32. The van der Waals surface area contributed by atoms with Crippen LogP contribution in [0.1, 0.15) is 6.92 Å². The van der Waals surface area contributed by atoms with E-state index in [1.165, 1.54) is 6.07 Å². The molecule has 0 radical (unpaired) electrons. The molecule has 114 valence electrons. The van der Waals surface area contributed by atoms with E-state index in [1.54, 1.807) is 12.1 Å². The molecular weight excluding hydrogens is 351 g/mol. The Morgan fingerprint density at radius 1 is 1.24 bits per heavy atom. The first-order valence-corrected chi connectivity index (χ1v) is 11.4. The lowest BCUT2D eigenvalue weighted by molar-refractivity contribution is -0.0233. The Labute approximate surface area is 134 Å². The highest BCUT2D eigenvalue weighted by molar-refractivity contribution is 9.10. The molecule has 0 aliphatic rings. The summed E-state index contributed by atoms with van der Waals surface area (Å²) in [7, 11) is -1.62. The Morgan fingerprint density at radius 2 is 1.95 bits per heavy atom. The van der Waals surface area contributed by atoms with Gasteiger partial charge in [0.25, 0.3) is 0 Å². The van der Waals surface area contributed by atoms with Crippen molar-refractivity contribution in [2.45, 2.75) is 32.5 Å². The van der Waals surface area contributed by atoms with Gasteiger partial charge in [-0.05, 0) is 46.4 Å². The van der Waals surface area contributed by atoms with Gasteiger partial charge in [0.1, 0.15) is 19.6 Å². The molecule has 1 unspecified atom stereocenters. The van der Waals surface area contributed by atoms with Crippen LogP contribution in [0, 0.1) is 5.82 Å². The first-order valence-electron chi connectivity index (χ1n) is 6.99. The molecule has 2 aromatic carbocycles. The molecule has 0 aromatic heterocycles. The van der Waals surface area contributed by atoms with Gasteiger partial charge in [0.05, 0.1) is 0 Å². The molecule has 2 nitrogen and oxygen atoms in total. The summed E-state index contributed by atoms with van der Waals surface area (Å²) < 4.78 is 26.3. The molecule has 0 aliphatic heterocycles. The summed E-state index contributed by atoms with van der Waals surface area (Å²) in [5.41, 5.74) is 0. The Balaban J connectivity index is 2.39. The molecule has 0 heterocycles. The van der Waals surface area contributed by atoms with E-state index in [0.29, 0.717) is 22.2 Å². The van der Waals surface area contributed by atoms with Gasteiger partial charge in [0.15, 0.2) is 5.91 Å². The molecule has 0 saturated carbocycles. The molecule has 0 spiro atoms. The third-order valence-electron chi connectivity index (χ3n) is 3.12. The second-order valence-electron chi connectivity index (χ2n) is 6.01. The first-order chi connectivity index (χ1) is 9.82. The summed E-state index contributed by atoms with van der Waals surface area (Å²) in [6.07, 6.45) is 0. The van der Waals surface area contributed by atoms with E-state index < -0.39 is 8.07 Å². The minimum atomic E-state index is -1.62. The topological polar surface area (TPSA) is 18.5 Å². The summed E-state index contributed by atoms with van der Waals surface area (Å²) in [4.78, 5) is 0. The van der Waals surface area contributed by atoms with Crippen molar-refractivity contribution in [3.8, 4) is 5.75 Å². The number of hydrogen-bond donors (Lipinski definition) is 0. The third-order valence-corrected chi connectivity index (χ3v) is 5.44. The number of fused-ring (bicyclic) bond motifs is 1. The van der Waals surface area contributed by atoms with Crippen molar-refractivity contribution in [2.75, 3.05) is 6.61 Å². The van der Waals surface area contributed by atoms with E-state index in [4.69, 9.17) is 9.47 Å². The van der Waals surface area contributed by atoms with Crippen LogP contribution in [0.25, 0.3) is 10.8 Å². The van der Waals surface area contributed by atoms with Crippen molar-refractivity contribution in [3.63, 3.8) is 0 Å². The van der Waals surface area contributed by atoms with E-state index in [0.717, 1.165) is 5.39 Å².